The first-order valence-corrected chi connectivity index (χ1v) is 6.81. The van der Waals surface area contributed by atoms with E-state index in [1.807, 2.05) is 0 Å². The Morgan fingerprint density at radius 1 is 1.56 bits per heavy atom. The van der Waals surface area contributed by atoms with Crippen LogP contribution in [-0.2, 0) is 0 Å². The van der Waals surface area contributed by atoms with Crippen molar-refractivity contribution in [3.8, 4) is 0 Å². The lowest BCUT2D eigenvalue weighted by Gasteiger charge is -2.16. The van der Waals surface area contributed by atoms with Gasteiger partial charge >= 0.3 is 0 Å². The topological polar surface area (TPSA) is 38.0 Å². The van der Waals surface area contributed by atoms with E-state index < -0.39 is 5.82 Å². The van der Waals surface area contributed by atoms with Crippen LogP contribution in [0.1, 0.15) is 13.3 Å². The predicted molar refractivity (Wildman–Crippen MR) is 71.9 cm³/mol. The summed E-state index contributed by atoms with van der Waals surface area (Å²) in [6, 6.07) is 3.06. The molecule has 0 heterocycles. The van der Waals surface area contributed by atoms with E-state index in [0.717, 1.165) is 12.2 Å². The molecule has 1 aromatic rings. The first-order chi connectivity index (χ1) is 7.54. The van der Waals surface area contributed by atoms with Gasteiger partial charge in [0.25, 0.3) is 0 Å². The molecular formula is C11H16ClFN2S. The molecule has 0 amide bonds. The molecule has 3 N–H and O–H groups in total. The van der Waals surface area contributed by atoms with E-state index in [2.05, 4.69) is 18.5 Å². The summed E-state index contributed by atoms with van der Waals surface area (Å²) in [7, 11) is 0. The van der Waals surface area contributed by atoms with Gasteiger partial charge in [0.2, 0.25) is 0 Å². The quantitative estimate of drug-likeness (QED) is 0.796. The first-order valence-electron chi connectivity index (χ1n) is 5.04. The zero-order valence-corrected chi connectivity index (χ0v) is 11.0. The lowest BCUT2D eigenvalue weighted by atomic mass is 10.2. The number of halogens is 2. The average molecular weight is 263 g/mol. The minimum Gasteiger partial charge on any atom is -0.397 e. The maximum absolute atomic E-state index is 13.1. The first kappa shape index (κ1) is 13.5. The molecule has 0 aliphatic rings. The zero-order valence-electron chi connectivity index (χ0n) is 9.39. The molecule has 1 rings (SSSR count). The van der Waals surface area contributed by atoms with Gasteiger partial charge in [-0.05, 0) is 31.4 Å². The van der Waals surface area contributed by atoms with Crippen molar-refractivity contribution in [1.29, 1.82) is 0 Å². The Bertz CT molecular complexity index is 360. The molecule has 0 radical (unpaired) electrons. The fourth-order valence-corrected chi connectivity index (χ4v) is 2.07. The van der Waals surface area contributed by atoms with Gasteiger partial charge in [-0.25, -0.2) is 4.39 Å². The van der Waals surface area contributed by atoms with Crippen LogP contribution >= 0.6 is 23.4 Å². The van der Waals surface area contributed by atoms with E-state index in [4.69, 9.17) is 17.3 Å². The van der Waals surface area contributed by atoms with E-state index in [-0.39, 0.29) is 11.1 Å². The molecule has 16 heavy (non-hydrogen) atoms. The van der Waals surface area contributed by atoms with E-state index in [1.54, 1.807) is 11.8 Å². The van der Waals surface area contributed by atoms with Crippen molar-refractivity contribution >= 4 is 34.7 Å². The summed E-state index contributed by atoms with van der Waals surface area (Å²) in [4.78, 5) is 0. The predicted octanol–water partition coefficient (Wildman–Crippen LogP) is 3.61. The molecule has 0 spiro atoms. The number of nitrogen functional groups attached to an aromatic ring is 1. The molecular weight excluding hydrogens is 247 g/mol. The molecule has 0 aliphatic heterocycles. The summed E-state index contributed by atoms with van der Waals surface area (Å²) in [5.74, 6) is 0.588. The number of benzene rings is 1. The Labute approximate surface area is 105 Å². The van der Waals surface area contributed by atoms with Crippen LogP contribution in [0.3, 0.4) is 0 Å². The van der Waals surface area contributed by atoms with Crippen LogP contribution in [0.25, 0.3) is 0 Å². The second kappa shape index (κ2) is 6.21. The lowest BCUT2D eigenvalue weighted by Crippen LogP contribution is -2.17. The number of rotatable bonds is 5. The third-order valence-electron chi connectivity index (χ3n) is 2.25. The van der Waals surface area contributed by atoms with Crippen molar-refractivity contribution in [2.75, 3.05) is 23.1 Å². The van der Waals surface area contributed by atoms with Crippen molar-refractivity contribution in [1.82, 2.24) is 0 Å². The molecule has 1 atom stereocenters. The monoisotopic (exact) mass is 262 g/mol. The van der Waals surface area contributed by atoms with Gasteiger partial charge in [-0.15, -0.1) is 0 Å². The summed E-state index contributed by atoms with van der Waals surface area (Å²) < 4.78 is 13.1. The number of anilines is 2. The van der Waals surface area contributed by atoms with Crippen molar-refractivity contribution in [3.63, 3.8) is 0 Å². The molecule has 1 unspecified atom stereocenters. The molecule has 0 aromatic heterocycles. The van der Waals surface area contributed by atoms with Gasteiger partial charge in [0, 0.05) is 12.1 Å². The molecule has 1 aromatic carbocycles. The fourth-order valence-electron chi connectivity index (χ4n) is 1.32. The number of nitrogens with two attached hydrogens (primary N) is 1. The van der Waals surface area contributed by atoms with E-state index in [9.17, 15) is 4.39 Å². The summed E-state index contributed by atoms with van der Waals surface area (Å²) in [6.07, 6.45) is 3.09. The van der Waals surface area contributed by atoms with Crippen molar-refractivity contribution in [3.05, 3.63) is 23.0 Å². The van der Waals surface area contributed by atoms with E-state index >= 15 is 0 Å². The molecule has 90 valence electrons. The minimum absolute atomic E-state index is 0.0915. The number of hydrogen-bond acceptors (Lipinski definition) is 3. The summed E-state index contributed by atoms with van der Waals surface area (Å²) >= 11 is 7.49. The fraction of sp³-hybridized carbons (Fsp3) is 0.455. The number of hydrogen-bond donors (Lipinski definition) is 2. The summed E-state index contributed by atoms with van der Waals surface area (Å²) in [5.41, 5.74) is 6.78. The summed E-state index contributed by atoms with van der Waals surface area (Å²) in [6.45, 7) is 2.06. The van der Waals surface area contributed by atoms with Crippen molar-refractivity contribution in [2.24, 2.45) is 0 Å². The Morgan fingerprint density at radius 2 is 2.25 bits per heavy atom. The lowest BCUT2D eigenvalue weighted by molar-refractivity contribution is 0.629. The smallest absolute Gasteiger partial charge is 0.143 e. The normalized spacial score (nSPS) is 12.5. The highest BCUT2D eigenvalue weighted by molar-refractivity contribution is 7.98. The maximum Gasteiger partial charge on any atom is 0.143 e. The van der Waals surface area contributed by atoms with E-state index in [0.29, 0.717) is 11.4 Å². The molecule has 0 saturated carbocycles. The van der Waals surface area contributed by atoms with Gasteiger partial charge in [0.1, 0.15) is 5.82 Å². The number of thioether (sulfide) groups is 1. The van der Waals surface area contributed by atoms with Crippen molar-refractivity contribution < 1.29 is 4.39 Å². The summed E-state index contributed by atoms with van der Waals surface area (Å²) in [5, 5.41) is 3.32. The highest BCUT2D eigenvalue weighted by Crippen LogP contribution is 2.27. The average Bonchev–Trinajstić information content (AvgIpc) is 2.23. The van der Waals surface area contributed by atoms with Crippen LogP contribution in [0, 0.1) is 5.82 Å². The van der Waals surface area contributed by atoms with Crippen molar-refractivity contribution in [2.45, 2.75) is 19.4 Å². The van der Waals surface area contributed by atoms with Crippen LogP contribution in [-0.4, -0.2) is 18.1 Å². The minimum atomic E-state index is -0.485. The maximum atomic E-state index is 13.1. The molecule has 0 aliphatic carbocycles. The second-order valence-corrected chi connectivity index (χ2v) is 5.07. The largest absolute Gasteiger partial charge is 0.397 e. The zero-order chi connectivity index (χ0) is 12.1. The Hall–Kier alpha value is -0.610. The highest BCUT2D eigenvalue weighted by Gasteiger charge is 2.08. The Kier molecular flexibility index (Phi) is 5.22. The van der Waals surface area contributed by atoms with Gasteiger partial charge in [-0.3, -0.25) is 0 Å². The van der Waals surface area contributed by atoms with Crippen LogP contribution in [0.15, 0.2) is 12.1 Å². The molecule has 0 fully saturated rings. The molecule has 0 saturated heterocycles. The third-order valence-corrected chi connectivity index (χ3v) is 3.18. The van der Waals surface area contributed by atoms with Crippen LogP contribution < -0.4 is 11.1 Å². The number of nitrogens with one attached hydrogen (secondary N) is 1. The Balaban J connectivity index is 2.69. The molecule has 5 heteroatoms. The van der Waals surface area contributed by atoms with E-state index in [1.165, 1.54) is 12.1 Å². The second-order valence-electron chi connectivity index (χ2n) is 3.68. The van der Waals surface area contributed by atoms with Gasteiger partial charge < -0.3 is 11.1 Å². The molecule has 0 bridgehead atoms. The van der Waals surface area contributed by atoms with Crippen LogP contribution in [0.5, 0.6) is 0 Å². The Morgan fingerprint density at radius 3 is 2.88 bits per heavy atom. The SMILES string of the molecule is CSCCC(C)Nc1cc(Cl)c(F)cc1N. The standard InChI is InChI=1S/C11H16ClFN2S/c1-7(3-4-16-2)15-11-5-8(12)9(13)6-10(11)14/h5-7,15H,3-4,14H2,1-2H3. The highest BCUT2D eigenvalue weighted by atomic mass is 35.5. The van der Waals surface area contributed by atoms with Crippen LogP contribution in [0.2, 0.25) is 5.02 Å². The molecule has 2 nitrogen and oxygen atoms in total. The third kappa shape index (κ3) is 3.76. The van der Waals surface area contributed by atoms with Gasteiger partial charge in [0.15, 0.2) is 0 Å². The van der Waals surface area contributed by atoms with Gasteiger partial charge in [-0.2, -0.15) is 11.8 Å². The van der Waals surface area contributed by atoms with Crippen LogP contribution in [0.4, 0.5) is 15.8 Å². The van der Waals surface area contributed by atoms with Gasteiger partial charge in [-0.1, -0.05) is 11.6 Å². The van der Waals surface area contributed by atoms with Gasteiger partial charge in [0.05, 0.1) is 16.4 Å².